The van der Waals surface area contributed by atoms with Gasteiger partial charge >= 0.3 is 0 Å². The molecule has 0 spiro atoms. The molecule has 0 atom stereocenters. The smallest absolute Gasteiger partial charge is 0.234 e. The van der Waals surface area contributed by atoms with E-state index >= 15 is 0 Å². The van der Waals surface area contributed by atoms with Crippen LogP contribution < -0.4 is 15.5 Å². The van der Waals surface area contributed by atoms with Crippen molar-refractivity contribution < 1.29 is 0 Å². The molecule has 1 aliphatic carbocycles. The first kappa shape index (κ1) is 43.2. The van der Waals surface area contributed by atoms with E-state index in [1.807, 2.05) is 24.3 Å². The van der Waals surface area contributed by atoms with E-state index in [9.17, 15) is 0 Å². The van der Waals surface area contributed by atoms with Crippen molar-refractivity contribution in [1.29, 1.82) is 0 Å². The number of aromatic nitrogens is 5. The van der Waals surface area contributed by atoms with Gasteiger partial charge in [-0.25, -0.2) is 4.98 Å². The summed E-state index contributed by atoms with van der Waals surface area (Å²) in [4.78, 5) is 18.6. The summed E-state index contributed by atoms with van der Waals surface area (Å²) in [5, 5.41) is 4.35. The van der Waals surface area contributed by atoms with E-state index < -0.39 is 0 Å². The van der Waals surface area contributed by atoms with Gasteiger partial charge in [0, 0.05) is 49.5 Å². The minimum atomic E-state index is 0.413. The molecule has 10 aromatic rings. The van der Waals surface area contributed by atoms with Crippen LogP contribution in [0.5, 0.6) is 0 Å². The fourth-order valence-corrected chi connectivity index (χ4v) is 10.5. The Morgan fingerprint density at radius 3 is 1.92 bits per heavy atom. The molecule has 2 aliphatic rings. The summed E-state index contributed by atoms with van der Waals surface area (Å²) in [7, 11) is 0. The van der Waals surface area contributed by atoms with Crippen LogP contribution in [-0.4, -0.2) is 24.1 Å². The Morgan fingerprint density at radius 1 is 0.577 bits per heavy atom. The number of rotatable bonds is 8. The van der Waals surface area contributed by atoms with Crippen LogP contribution in [0.4, 0.5) is 11.6 Å². The Labute approximate surface area is 413 Å². The molecule has 6 heteroatoms. The monoisotopic (exact) mass is 914 g/mol. The molecule has 3 aromatic heterocycles. The summed E-state index contributed by atoms with van der Waals surface area (Å²) in [5.41, 5.74) is 15.9. The van der Waals surface area contributed by atoms with E-state index in [0.29, 0.717) is 24.1 Å². The lowest BCUT2D eigenvalue weighted by molar-refractivity contribution is 0.843. The quantitative estimate of drug-likeness (QED) is 0.152. The van der Waals surface area contributed by atoms with Gasteiger partial charge in [0.1, 0.15) is 0 Å². The van der Waals surface area contributed by atoms with Gasteiger partial charge in [-0.15, -0.1) is 0 Å². The molecular weight excluding hydrogens is 865 g/mol. The number of benzene rings is 7. The van der Waals surface area contributed by atoms with E-state index in [4.69, 9.17) is 15.0 Å². The van der Waals surface area contributed by atoms with Crippen molar-refractivity contribution in [3.63, 3.8) is 0 Å². The predicted octanol–water partition coefficient (Wildman–Crippen LogP) is 14.5. The van der Waals surface area contributed by atoms with Crippen LogP contribution in [0.3, 0.4) is 0 Å². The fraction of sp³-hybridized carbons (Fsp3) is 0.0615. The Balaban J connectivity index is 1.12. The maximum absolute atomic E-state index is 5.58. The molecule has 12 rings (SSSR count). The van der Waals surface area contributed by atoms with Crippen molar-refractivity contribution in [3.8, 4) is 39.3 Å². The summed E-state index contributed by atoms with van der Waals surface area (Å²) in [5.74, 6) is 1.61. The van der Waals surface area contributed by atoms with Gasteiger partial charge in [-0.05, 0) is 72.4 Å². The van der Waals surface area contributed by atoms with Gasteiger partial charge in [-0.3, -0.25) is 0 Å². The van der Waals surface area contributed by atoms with E-state index in [1.165, 1.54) is 16.8 Å². The molecule has 4 heterocycles. The standard InChI is InChI=1S/C65H50N6/c1-4-50(62-55-32-18-22-36-60(55)70(56(62)5-2)49-27-13-8-14-28-49)64-66-63(48-25-11-7-12-26-48)67-65(68-64)69-43-61-54(42-37-44(3)51-29-15-19-33-57(51)69)53-31-17-21-35-59(53)71(61)58-34-20-16-30-52(58)47-40-38-46(39-41-47)45-23-9-6-10-24-45/h4-13,15-27,29-42H,1,3,14,28,43H2,2H3/b42-37-,56-5+,62-50+. The lowest BCUT2D eigenvalue weighted by Gasteiger charge is -2.27. The van der Waals surface area contributed by atoms with E-state index in [-0.39, 0.29) is 0 Å². The molecule has 1 aliphatic heterocycles. The number of para-hydroxylation sites is 4. The number of nitrogens with zero attached hydrogens (tertiary/aromatic N) is 6. The second kappa shape index (κ2) is 18.4. The molecule has 340 valence electrons. The third-order valence-electron chi connectivity index (χ3n) is 13.8. The molecule has 0 radical (unpaired) electrons. The van der Waals surface area contributed by atoms with E-state index in [2.05, 4.69) is 234 Å². The molecular formula is C65H50N6. The molecule has 0 amide bonds. The third-order valence-corrected chi connectivity index (χ3v) is 13.8. The molecule has 0 fully saturated rings. The Bertz CT molecular complexity index is 3940. The molecule has 0 unspecified atom stereocenters. The Kier molecular flexibility index (Phi) is 11.2. The van der Waals surface area contributed by atoms with Gasteiger partial charge in [0.15, 0.2) is 11.6 Å². The van der Waals surface area contributed by atoms with Crippen LogP contribution in [0.1, 0.15) is 42.4 Å². The van der Waals surface area contributed by atoms with Crippen molar-refractivity contribution >= 4 is 62.4 Å². The van der Waals surface area contributed by atoms with Crippen LogP contribution in [0.2, 0.25) is 0 Å². The van der Waals surface area contributed by atoms with E-state index in [0.717, 1.165) is 101 Å². The first-order valence-corrected chi connectivity index (χ1v) is 24.3. The lowest BCUT2D eigenvalue weighted by Crippen LogP contribution is -2.31. The summed E-state index contributed by atoms with van der Waals surface area (Å²) in [6.45, 7) is 11.7. The zero-order valence-electron chi connectivity index (χ0n) is 39.6. The zero-order valence-corrected chi connectivity index (χ0v) is 39.6. The molecule has 0 N–H and O–H groups in total. The maximum Gasteiger partial charge on any atom is 0.234 e. The third kappa shape index (κ3) is 7.67. The molecule has 0 bridgehead atoms. The summed E-state index contributed by atoms with van der Waals surface area (Å²) in [6, 6.07) is 64.2. The molecule has 71 heavy (non-hydrogen) atoms. The topological polar surface area (TPSA) is 51.8 Å². The van der Waals surface area contributed by atoms with Crippen molar-refractivity contribution in [2.75, 3.05) is 4.90 Å². The van der Waals surface area contributed by atoms with Crippen LogP contribution in [0.25, 0.3) is 90.1 Å². The molecule has 0 saturated carbocycles. The van der Waals surface area contributed by atoms with E-state index in [1.54, 1.807) is 0 Å². The van der Waals surface area contributed by atoms with Gasteiger partial charge in [-0.2, -0.15) is 9.97 Å². The number of anilines is 2. The average Bonchev–Trinajstić information content (AvgIpc) is 3.95. The Hall–Kier alpha value is -9.13. The number of fused-ring (bicyclic) bond motifs is 5. The van der Waals surface area contributed by atoms with Crippen molar-refractivity contribution in [3.05, 3.63) is 259 Å². The predicted molar refractivity (Wildman–Crippen MR) is 296 cm³/mol. The highest BCUT2D eigenvalue weighted by Crippen LogP contribution is 2.41. The number of hydrogen-bond acceptors (Lipinski definition) is 4. The normalized spacial score (nSPS) is 14.6. The highest BCUT2D eigenvalue weighted by Gasteiger charge is 2.28. The number of allylic oxidation sites excluding steroid dienone is 7. The zero-order chi connectivity index (χ0) is 47.8. The second-order valence-electron chi connectivity index (χ2n) is 17.9. The summed E-state index contributed by atoms with van der Waals surface area (Å²) in [6.07, 6.45) is 17.0. The fourth-order valence-electron chi connectivity index (χ4n) is 10.5. The van der Waals surface area contributed by atoms with Crippen LogP contribution >= 0.6 is 0 Å². The first-order chi connectivity index (χ1) is 35.1. The summed E-state index contributed by atoms with van der Waals surface area (Å²) < 4.78 is 4.83. The van der Waals surface area contributed by atoms with Gasteiger partial charge in [0.05, 0.1) is 40.0 Å². The van der Waals surface area contributed by atoms with Gasteiger partial charge in [0.25, 0.3) is 0 Å². The average molecular weight is 915 g/mol. The lowest BCUT2D eigenvalue weighted by atomic mass is 9.99. The summed E-state index contributed by atoms with van der Waals surface area (Å²) >= 11 is 0. The minimum Gasteiger partial charge on any atom is -0.313 e. The van der Waals surface area contributed by atoms with Crippen molar-refractivity contribution in [2.24, 2.45) is 0 Å². The van der Waals surface area contributed by atoms with Crippen LogP contribution in [0.15, 0.2) is 226 Å². The second-order valence-corrected chi connectivity index (χ2v) is 17.9. The number of hydrogen-bond donors (Lipinski definition) is 0. The first-order valence-electron chi connectivity index (χ1n) is 24.3. The Morgan fingerprint density at radius 2 is 1.20 bits per heavy atom. The van der Waals surface area contributed by atoms with Crippen LogP contribution in [0, 0.1) is 0 Å². The highest BCUT2D eigenvalue weighted by molar-refractivity contribution is 5.97. The van der Waals surface area contributed by atoms with Gasteiger partial charge in [-0.1, -0.05) is 207 Å². The van der Waals surface area contributed by atoms with Crippen LogP contribution in [-0.2, 0) is 6.54 Å². The largest absolute Gasteiger partial charge is 0.313 e. The minimum absolute atomic E-state index is 0.413. The van der Waals surface area contributed by atoms with Gasteiger partial charge in [0.2, 0.25) is 5.95 Å². The highest BCUT2D eigenvalue weighted by atomic mass is 15.3. The SMILES string of the molecule is C=C/C(c1nc(-c2ccccc2)nc(N2Cc3c(c4ccccc4n3-c3ccccc3-c3ccc(-c4ccccc4)cc3)/C=C\C(=C)c3ccccc32)n1)=c1\c(=C/C)n(C2=CC=CCC2)c2ccccc12. The molecule has 6 nitrogen and oxygen atoms in total. The van der Waals surface area contributed by atoms with Crippen molar-refractivity contribution in [1.82, 2.24) is 24.1 Å². The molecule has 0 saturated heterocycles. The molecule has 7 aromatic carbocycles. The van der Waals surface area contributed by atoms with Gasteiger partial charge < -0.3 is 14.0 Å². The van der Waals surface area contributed by atoms with Crippen molar-refractivity contribution in [2.45, 2.75) is 26.3 Å². The maximum atomic E-state index is 5.58.